The Balaban J connectivity index is 1.53. The minimum Gasteiger partial charge on any atom is -0.325 e. The van der Waals surface area contributed by atoms with E-state index >= 15 is 0 Å². The summed E-state index contributed by atoms with van der Waals surface area (Å²) in [6.07, 6.45) is 0.738. The second-order valence-corrected chi connectivity index (χ2v) is 9.50. The summed E-state index contributed by atoms with van der Waals surface area (Å²) in [7, 11) is 0. The SMILES string of the molecule is O=C(Nc1cccc(Cl)c1)C1CC(=O)N(CCc2ccc(Cl)cc2)C(=Nc2ccccc2)S1. The average molecular weight is 498 g/mol. The van der Waals surface area contributed by atoms with Crippen molar-refractivity contribution in [2.24, 2.45) is 4.99 Å². The molecule has 3 aromatic carbocycles. The van der Waals surface area contributed by atoms with Gasteiger partial charge in [-0.2, -0.15) is 0 Å². The summed E-state index contributed by atoms with van der Waals surface area (Å²) in [6, 6.07) is 23.9. The Bertz CT molecular complexity index is 1170. The molecule has 5 nitrogen and oxygen atoms in total. The number of benzene rings is 3. The van der Waals surface area contributed by atoms with Crippen molar-refractivity contribution in [3.05, 3.63) is 94.5 Å². The second-order valence-electron chi connectivity index (χ2n) is 7.46. The monoisotopic (exact) mass is 497 g/mol. The molecule has 0 radical (unpaired) electrons. The van der Waals surface area contributed by atoms with Gasteiger partial charge in [0, 0.05) is 28.7 Å². The minimum absolute atomic E-state index is 0.0888. The number of nitrogens with zero attached hydrogens (tertiary/aromatic N) is 2. The molecule has 1 unspecified atom stereocenters. The lowest BCUT2D eigenvalue weighted by atomic mass is 10.1. The molecule has 0 aliphatic carbocycles. The standard InChI is InChI=1S/C25H21Cl2N3O2S/c26-18-11-9-17(10-12-18)13-14-30-23(31)16-22(24(32)28-21-8-4-5-19(27)15-21)33-25(30)29-20-6-2-1-3-7-20/h1-12,15,22H,13-14,16H2,(H,28,32). The van der Waals surface area contributed by atoms with Crippen LogP contribution in [0.3, 0.4) is 0 Å². The van der Waals surface area contributed by atoms with Gasteiger partial charge in [-0.1, -0.05) is 71.4 Å². The van der Waals surface area contributed by atoms with Gasteiger partial charge in [0.2, 0.25) is 11.8 Å². The molecule has 0 bridgehead atoms. The first kappa shape index (κ1) is 23.4. The van der Waals surface area contributed by atoms with Crippen LogP contribution in [0.4, 0.5) is 11.4 Å². The Morgan fingerprint density at radius 3 is 2.48 bits per heavy atom. The fourth-order valence-corrected chi connectivity index (χ4v) is 4.80. The predicted octanol–water partition coefficient (Wildman–Crippen LogP) is 6.20. The normalized spacial score (nSPS) is 17.3. The number of para-hydroxylation sites is 1. The van der Waals surface area contributed by atoms with Crippen molar-refractivity contribution in [3.8, 4) is 0 Å². The highest BCUT2D eigenvalue weighted by Gasteiger charge is 2.35. The third kappa shape index (κ3) is 6.38. The third-order valence-corrected chi connectivity index (χ3v) is 6.72. The first-order valence-corrected chi connectivity index (χ1v) is 12.0. The van der Waals surface area contributed by atoms with Crippen molar-refractivity contribution in [2.75, 3.05) is 11.9 Å². The van der Waals surface area contributed by atoms with E-state index in [-0.39, 0.29) is 18.2 Å². The highest BCUT2D eigenvalue weighted by Crippen LogP contribution is 2.30. The number of amidine groups is 1. The first-order valence-electron chi connectivity index (χ1n) is 10.4. The van der Waals surface area contributed by atoms with E-state index in [9.17, 15) is 9.59 Å². The number of thioether (sulfide) groups is 1. The maximum absolute atomic E-state index is 13.1. The molecular formula is C25H21Cl2N3O2S. The lowest BCUT2D eigenvalue weighted by molar-refractivity contribution is -0.129. The van der Waals surface area contributed by atoms with E-state index in [0.29, 0.717) is 33.9 Å². The Hall–Kier alpha value is -2.80. The summed E-state index contributed by atoms with van der Waals surface area (Å²) in [5.41, 5.74) is 2.38. The zero-order chi connectivity index (χ0) is 23.2. The van der Waals surface area contributed by atoms with Gasteiger partial charge in [-0.3, -0.25) is 14.5 Å². The number of anilines is 1. The van der Waals surface area contributed by atoms with Crippen LogP contribution in [-0.2, 0) is 16.0 Å². The average Bonchev–Trinajstić information content (AvgIpc) is 2.80. The molecule has 1 atom stereocenters. The van der Waals surface area contributed by atoms with Crippen molar-refractivity contribution in [2.45, 2.75) is 18.1 Å². The fourth-order valence-electron chi connectivity index (χ4n) is 3.36. The van der Waals surface area contributed by atoms with Crippen molar-refractivity contribution in [1.82, 2.24) is 4.90 Å². The van der Waals surface area contributed by atoms with Crippen LogP contribution in [-0.4, -0.2) is 33.7 Å². The molecule has 8 heteroatoms. The fraction of sp³-hybridized carbons (Fsp3) is 0.160. The van der Waals surface area contributed by atoms with E-state index in [0.717, 1.165) is 11.3 Å². The first-order chi connectivity index (χ1) is 16.0. The molecular weight excluding hydrogens is 477 g/mol. The number of carbonyl (C=O) groups excluding carboxylic acids is 2. The molecule has 0 aromatic heterocycles. The largest absolute Gasteiger partial charge is 0.325 e. The zero-order valence-corrected chi connectivity index (χ0v) is 19.9. The van der Waals surface area contributed by atoms with Crippen LogP contribution in [0.2, 0.25) is 10.0 Å². The summed E-state index contributed by atoms with van der Waals surface area (Å²) >= 11 is 13.3. The van der Waals surface area contributed by atoms with Gasteiger partial charge >= 0.3 is 0 Å². The van der Waals surface area contributed by atoms with E-state index in [1.165, 1.54) is 11.8 Å². The van der Waals surface area contributed by atoms with Crippen LogP contribution in [0.5, 0.6) is 0 Å². The number of aliphatic imine (C=N–C) groups is 1. The second kappa shape index (κ2) is 10.9. The quantitative estimate of drug-likeness (QED) is 0.441. The van der Waals surface area contributed by atoms with Crippen molar-refractivity contribution in [3.63, 3.8) is 0 Å². The Morgan fingerprint density at radius 2 is 1.76 bits per heavy atom. The summed E-state index contributed by atoms with van der Waals surface area (Å²) < 4.78 is 0. The molecule has 2 amide bonds. The topological polar surface area (TPSA) is 61.8 Å². The van der Waals surface area contributed by atoms with Crippen LogP contribution < -0.4 is 5.32 Å². The molecule has 1 N–H and O–H groups in total. The van der Waals surface area contributed by atoms with E-state index in [2.05, 4.69) is 5.32 Å². The van der Waals surface area contributed by atoms with Crippen molar-refractivity contribution >= 4 is 63.3 Å². The van der Waals surface area contributed by atoms with Gasteiger partial charge in [-0.05, 0) is 54.4 Å². The number of hydrogen-bond acceptors (Lipinski definition) is 4. The molecule has 1 heterocycles. The van der Waals surface area contributed by atoms with Crippen LogP contribution in [0.25, 0.3) is 0 Å². The molecule has 1 aliphatic rings. The molecule has 4 rings (SSSR count). The predicted molar refractivity (Wildman–Crippen MR) is 136 cm³/mol. The van der Waals surface area contributed by atoms with Gasteiger partial charge in [0.25, 0.3) is 0 Å². The van der Waals surface area contributed by atoms with Gasteiger partial charge in [-0.15, -0.1) is 0 Å². The molecule has 33 heavy (non-hydrogen) atoms. The summed E-state index contributed by atoms with van der Waals surface area (Å²) in [5, 5.41) is 3.97. The zero-order valence-electron chi connectivity index (χ0n) is 17.6. The maximum Gasteiger partial charge on any atom is 0.238 e. The Morgan fingerprint density at radius 1 is 1.00 bits per heavy atom. The van der Waals surface area contributed by atoms with Crippen molar-refractivity contribution in [1.29, 1.82) is 0 Å². The molecule has 0 saturated carbocycles. The Labute approximate surface area is 206 Å². The van der Waals surface area contributed by atoms with E-state index < -0.39 is 5.25 Å². The highest BCUT2D eigenvalue weighted by molar-refractivity contribution is 8.15. The minimum atomic E-state index is -0.592. The molecule has 1 aliphatic heterocycles. The van der Waals surface area contributed by atoms with E-state index in [1.54, 1.807) is 29.2 Å². The van der Waals surface area contributed by atoms with Crippen LogP contribution in [0, 0.1) is 0 Å². The van der Waals surface area contributed by atoms with Gasteiger partial charge in [-0.25, -0.2) is 4.99 Å². The molecule has 0 spiro atoms. The van der Waals surface area contributed by atoms with Gasteiger partial charge < -0.3 is 5.32 Å². The van der Waals surface area contributed by atoms with Crippen LogP contribution in [0.1, 0.15) is 12.0 Å². The maximum atomic E-state index is 13.1. The molecule has 168 valence electrons. The third-order valence-electron chi connectivity index (χ3n) is 5.04. The van der Waals surface area contributed by atoms with E-state index in [1.807, 2.05) is 54.6 Å². The Kier molecular flexibility index (Phi) is 7.70. The van der Waals surface area contributed by atoms with Gasteiger partial charge in [0.1, 0.15) is 5.25 Å². The number of amides is 2. The molecule has 1 saturated heterocycles. The van der Waals surface area contributed by atoms with Gasteiger partial charge in [0.05, 0.1) is 5.69 Å². The molecule has 1 fully saturated rings. The van der Waals surface area contributed by atoms with E-state index in [4.69, 9.17) is 28.2 Å². The van der Waals surface area contributed by atoms with Gasteiger partial charge in [0.15, 0.2) is 5.17 Å². The number of rotatable bonds is 6. The highest BCUT2D eigenvalue weighted by atomic mass is 35.5. The smallest absolute Gasteiger partial charge is 0.238 e. The number of hydrogen-bond donors (Lipinski definition) is 1. The number of nitrogens with one attached hydrogen (secondary N) is 1. The van der Waals surface area contributed by atoms with Crippen LogP contribution in [0.15, 0.2) is 83.9 Å². The summed E-state index contributed by atoms with van der Waals surface area (Å²) in [5.74, 6) is -0.391. The lowest BCUT2D eigenvalue weighted by Gasteiger charge is -2.32. The van der Waals surface area contributed by atoms with Crippen LogP contribution >= 0.6 is 35.0 Å². The summed E-state index contributed by atoms with van der Waals surface area (Å²) in [4.78, 5) is 32.4. The number of halogens is 2. The number of carbonyl (C=O) groups is 2. The molecule has 3 aromatic rings. The summed E-state index contributed by atoms with van der Waals surface area (Å²) in [6.45, 7) is 0.460. The lowest BCUT2D eigenvalue weighted by Crippen LogP contribution is -2.46. The van der Waals surface area contributed by atoms with Crippen molar-refractivity contribution < 1.29 is 9.59 Å².